The average molecular weight is 373 g/mol. The quantitative estimate of drug-likeness (QED) is 0.680. The van der Waals surface area contributed by atoms with Crippen LogP contribution in [0.4, 0.5) is 10.1 Å². The fourth-order valence-corrected chi connectivity index (χ4v) is 2.82. The number of hydrogen-bond donors (Lipinski definition) is 1. The Balaban J connectivity index is 1.52. The first-order chi connectivity index (χ1) is 12.7. The Morgan fingerprint density at radius 2 is 2.12 bits per heavy atom. The molecule has 134 valence electrons. The lowest BCUT2D eigenvalue weighted by Gasteiger charge is -2.05. The number of carbonyl (C=O) groups is 1. The molecule has 0 saturated carbocycles. The van der Waals surface area contributed by atoms with Crippen LogP contribution >= 0.6 is 11.8 Å². The molecule has 0 atom stereocenters. The van der Waals surface area contributed by atoms with E-state index in [4.69, 9.17) is 9.26 Å². The average Bonchev–Trinajstić information content (AvgIpc) is 3.13. The summed E-state index contributed by atoms with van der Waals surface area (Å²) in [5.74, 6) is 1.32. The molecule has 0 unspecified atom stereocenters. The smallest absolute Gasteiger partial charge is 0.236 e. The van der Waals surface area contributed by atoms with Crippen LogP contribution < -0.4 is 10.1 Å². The van der Waals surface area contributed by atoms with Gasteiger partial charge in [-0.15, -0.1) is 11.8 Å². The van der Waals surface area contributed by atoms with Gasteiger partial charge < -0.3 is 14.6 Å². The number of halogens is 1. The zero-order chi connectivity index (χ0) is 18.4. The van der Waals surface area contributed by atoms with Gasteiger partial charge in [-0.3, -0.25) is 4.79 Å². The van der Waals surface area contributed by atoms with Gasteiger partial charge in [0.25, 0.3) is 0 Å². The number of anilines is 1. The van der Waals surface area contributed by atoms with Crippen molar-refractivity contribution in [2.24, 2.45) is 0 Å². The summed E-state index contributed by atoms with van der Waals surface area (Å²) in [6, 6.07) is 13.4. The summed E-state index contributed by atoms with van der Waals surface area (Å²) in [6.07, 6.45) is 0. The molecule has 0 spiro atoms. The van der Waals surface area contributed by atoms with Crippen LogP contribution in [0.2, 0.25) is 0 Å². The maximum Gasteiger partial charge on any atom is 0.236 e. The van der Waals surface area contributed by atoms with E-state index in [1.54, 1.807) is 19.2 Å². The van der Waals surface area contributed by atoms with E-state index in [-0.39, 0.29) is 17.3 Å². The largest absolute Gasteiger partial charge is 0.497 e. The number of aromatic nitrogens is 2. The van der Waals surface area contributed by atoms with Gasteiger partial charge in [-0.25, -0.2) is 4.39 Å². The Bertz CT molecular complexity index is 901. The van der Waals surface area contributed by atoms with Crippen LogP contribution in [0, 0.1) is 5.82 Å². The Morgan fingerprint density at radius 3 is 2.92 bits per heavy atom. The number of nitrogens with one attached hydrogen (secondary N) is 1. The molecule has 0 fully saturated rings. The molecular weight excluding hydrogens is 357 g/mol. The summed E-state index contributed by atoms with van der Waals surface area (Å²) in [7, 11) is 1.59. The highest BCUT2D eigenvalue weighted by atomic mass is 32.2. The van der Waals surface area contributed by atoms with Gasteiger partial charge in [0.2, 0.25) is 17.6 Å². The third-order valence-electron chi connectivity index (χ3n) is 3.40. The first kappa shape index (κ1) is 17.9. The fraction of sp³-hybridized carbons (Fsp3) is 0.167. The van der Waals surface area contributed by atoms with Crippen molar-refractivity contribution in [2.45, 2.75) is 5.75 Å². The molecule has 26 heavy (non-hydrogen) atoms. The van der Waals surface area contributed by atoms with Crippen LogP contribution in [0.3, 0.4) is 0 Å². The monoisotopic (exact) mass is 373 g/mol. The number of rotatable bonds is 7. The molecule has 3 rings (SSSR count). The van der Waals surface area contributed by atoms with Crippen LogP contribution in [0.25, 0.3) is 11.4 Å². The van der Waals surface area contributed by atoms with Gasteiger partial charge >= 0.3 is 0 Å². The molecule has 1 amide bonds. The first-order valence-corrected chi connectivity index (χ1v) is 8.90. The fourth-order valence-electron chi connectivity index (χ4n) is 2.17. The van der Waals surface area contributed by atoms with Crippen molar-refractivity contribution in [2.75, 3.05) is 18.2 Å². The Hall–Kier alpha value is -2.87. The molecule has 0 aliphatic carbocycles. The highest BCUT2D eigenvalue weighted by Crippen LogP contribution is 2.22. The summed E-state index contributed by atoms with van der Waals surface area (Å²) in [4.78, 5) is 16.2. The Morgan fingerprint density at radius 1 is 1.27 bits per heavy atom. The van der Waals surface area contributed by atoms with Gasteiger partial charge in [0.05, 0.1) is 24.3 Å². The summed E-state index contributed by atoms with van der Waals surface area (Å²) in [5.41, 5.74) is 0.942. The predicted molar refractivity (Wildman–Crippen MR) is 97.5 cm³/mol. The molecule has 6 nitrogen and oxygen atoms in total. The number of ether oxygens (including phenoxy) is 1. The zero-order valence-electron chi connectivity index (χ0n) is 13.9. The van der Waals surface area contributed by atoms with Crippen LogP contribution in [0.5, 0.6) is 5.75 Å². The molecule has 1 aromatic heterocycles. The highest BCUT2D eigenvalue weighted by molar-refractivity contribution is 7.99. The lowest BCUT2D eigenvalue weighted by Crippen LogP contribution is -2.15. The summed E-state index contributed by atoms with van der Waals surface area (Å²) >= 11 is 1.30. The molecule has 0 aliphatic heterocycles. The molecule has 0 saturated heterocycles. The van der Waals surface area contributed by atoms with Crippen molar-refractivity contribution in [3.8, 4) is 17.1 Å². The Labute approximate surface area is 153 Å². The lowest BCUT2D eigenvalue weighted by molar-refractivity contribution is -0.113. The van der Waals surface area contributed by atoms with Crippen molar-refractivity contribution in [3.05, 3.63) is 60.2 Å². The van der Waals surface area contributed by atoms with Gasteiger partial charge in [-0.1, -0.05) is 29.4 Å². The number of thioether (sulfide) groups is 1. The molecule has 1 heterocycles. The zero-order valence-corrected chi connectivity index (χ0v) is 14.8. The van der Waals surface area contributed by atoms with Crippen LogP contribution in [-0.4, -0.2) is 28.9 Å². The maximum atomic E-state index is 13.5. The van der Waals surface area contributed by atoms with Crippen molar-refractivity contribution < 1.29 is 18.4 Å². The molecule has 0 bridgehead atoms. The number of methoxy groups -OCH3 is 1. The highest BCUT2D eigenvalue weighted by Gasteiger charge is 2.11. The molecule has 1 N–H and O–H groups in total. The second-order valence-electron chi connectivity index (χ2n) is 5.26. The number of hydrogen-bond acceptors (Lipinski definition) is 6. The van der Waals surface area contributed by atoms with E-state index >= 15 is 0 Å². The molecule has 0 radical (unpaired) electrons. The number of para-hydroxylation sites is 1. The second-order valence-corrected chi connectivity index (χ2v) is 6.25. The van der Waals surface area contributed by atoms with Crippen molar-refractivity contribution >= 4 is 23.4 Å². The van der Waals surface area contributed by atoms with E-state index < -0.39 is 5.82 Å². The third kappa shape index (κ3) is 4.60. The lowest BCUT2D eigenvalue weighted by atomic mass is 10.2. The summed E-state index contributed by atoms with van der Waals surface area (Å²) in [5, 5.41) is 6.46. The number of nitrogens with zero attached hydrogens (tertiary/aromatic N) is 2. The normalized spacial score (nSPS) is 10.5. The van der Waals surface area contributed by atoms with E-state index in [9.17, 15) is 9.18 Å². The van der Waals surface area contributed by atoms with Gasteiger partial charge in [-0.2, -0.15) is 4.98 Å². The minimum atomic E-state index is -0.467. The number of amides is 1. The van der Waals surface area contributed by atoms with Crippen LogP contribution in [-0.2, 0) is 10.5 Å². The molecule has 2 aromatic carbocycles. The topological polar surface area (TPSA) is 77.2 Å². The standard InChI is InChI=1S/C18H16FN3O3S/c1-24-13-6-4-5-12(9-13)18-21-17(25-22-18)11-26-10-16(23)20-15-8-3-2-7-14(15)19/h2-9H,10-11H2,1H3,(H,20,23). The first-order valence-electron chi connectivity index (χ1n) is 7.75. The third-order valence-corrected chi connectivity index (χ3v) is 4.32. The Kier molecular flexibility index (Phi) is 5.85. The van der Waals surface area contributed by atoms with E-state index in [1.807, 2.05) is 24.3 Å². The van der Waals surface area contributed by atoms with E-state index in [0.29, 0.717) is 23.2 Å². The number of carbonyl (C=O) groups excluding carboxylic acids is 1. The van der Waals surface area contributed by atoms with E-state index in [0.717, 1.165) is 5.56 Å². The van der Waals surface area contributed by atoms with Crippen LogP contribution in [0.1, 0.15) is 5.89 Å². The molecule has 8 heteroatoms. The summed E-state index contributed by atoms with van der Waals surface area (Å²) < 4.78 is 23.9. The van der Waals surface area contributed by atoms with Crippen LogP contribution in [0.15, 0.2) is 53.1 Å². The van der Waals surface area contributed by atoms with Crippen molar-refractivity contribution in [1.29, 1.82) is 0 Å². The van der Waals surface area contributed by atoms with Crippen molar-refractivity contribution in [1.82, 2.24) is 10.1 Å². The molecule has 3 aromatic rings. The molecular formula is C18H16FN3O3S. The van der Waals surface area contributed by atoms with Gasteiger partial charge in [0.1, 0.15) is 11.6 Å². The maximum absolute atomic E-state index is 13.5. The minimum Gasteiger partial charge on any atom is -0.497 e. The molecule has 0 aliphatic rings. The van der Waals surface area contributed by atoms with Gasteiger partial charge in [0, 0.05) is 5.56 Å². The second kappa shape index (κ2) is 8.48. The number of benzene rings is 2. The van der Waals surface area contributed by atoms with Gasteiger partial charge in [-0.05, 0) is 24.3 Å². The minimum absolute atomic E-state index is 0.144. The van der Waals surface area contributed by atoms with E-state index in [2.05, 4.69) is 15.5 Å². The SMILES string of the molecule is COc1cccc(-c2noc(CSCC(=O)Nc3ccccc3F)n2)c1. The van der Waals surface area contributed by atoms with Gasteiger partial charge in [0.15, 0.2) is 0 Å². The predicted octanol–water partition coefficient (Wildman–Crippen LogP) is 3.76. The van der Waals surface area contributed by atoms with Crippen molar-refractivity contribution in [3.63, 3.8) is 0 Å². The van der Waals surface area contributed by atoms with E-state index in [1.165, 1.54) is 23.9 Å². The summed E-state index contributed by atoms with van der Waals surface area (Å²) in [6.45, 7) is 0.